The summed E-state index contributed by atoms with van der Waals surface area (Å²) in [5.41, 5.74) is -1.43. The quantitative estimate of drug-likeness (QED) is 0.772. The average Bonchev–Trinajstić information content (AvgIpc) is 2.24. The van der Waals surface area contributed by atoms with Gasteiger partial charge in [-0.2, -0.15) is 0 Å². The summed E-state index contributed by atoms with van der Waals surface area (Å²) in [7, 11) is 1.55. The van der Waals surface area contributed by atoms with E-state index in [2.05, 4.69) is 0 Å². The van der Waals surface area contributed by atoms with Gasteiger partial charge in [-0.1, -0.05) is 0 Å². The van der Waals surface area contributed by atoms with Crippen molar-refractivity contribution in [2.75, 3.05) is 13.7 Å². The van der Waals surface area contributed by atoms with Gasteiger partial charge >= 0.3 is 12.1 Å². The van der Waals surface area contributed by atoms with Crippen molar-refractivity contribution in [2.45, 2.75) is 58.1 Å². The molecular formula is C13H25NO5. The van der Waals surface area contributed by atoms with E-state index in [0.717, 1.165) is 0 Å². The normalized spacial score (nSPS) is 14.6. The van der Waals surface area contributed by atoms with Crippen LogP contribution in [0.1, 0.15) is 47.0 Å². The number of hydrogen-bond acceptors (Lipinski definition) is 4. The van der Waals surface area contributed by atoms with Gasteiger partial charge in [0.25, 0.3) is 0 Å². The van der Waals surface area contributed by atoms with Crippen LogP contribution in [0, 0.1) is 0 Å². The minimum Gasteiger partial charge on any atom is -0.481 e. The zero-order valence-electron chi connectivity index (χ0n) is 12.4. The van der Waals surface area contributed by atoms with Gasteiger partial charge in [0.15, 0.2) is 0 Å². The van der Waals surface area contributed by atoms with Gasteiger partial charge < -0.3 is 19.8 Å². The van der Waals surface area contributed by atoms with Gasteiger partial charge in [-0.3, -0.25) is 4.79 Å². The fraction of sp³-hybridized carbons (Fsp3) is 0.846. The Balaban J connectivity index is 4.63. The van der Waals surface area contributed by atoms with Crippen molar-refractivity contribution in [3.8, 4) is 0 Å². The number of hydrogen-bond donors (Lipinski definition) is 2. The van der Waals surface area contributed by atoms with E-state index < -0.39 is 23.2 Å². The fourth-order valence-electron chi connectivity index (χ4n) is 1.52. The maximum absolute atomic E-state index is 11.9. The molecule has 1 amide bonds. The SMILES string of the molecule is CN(C(=O)OC(C)(C)C)C(C)(CO)CCCC(=O)O. The molecule has 1 unspecified atom stereocenters. The van der Waals surface area contributed by atoms with Gasteiger partial charge in [-0.15, -0.1) is 0 Å². The van der Waals surface area contributed by atoms with E-state index in [1.165, 1.54) is 4.90 Å². The lowest BCUT2D eigenvalue weighted by Crippen LogP contribution is -2.51. The molecule has 0 rings (SSSR count). The van der Waals surface area contributed by atoms with Gasteiger partial charge in [0.1, 0.15) is 5.60 Å². The van der Waals surface area contributed by atoms with Crippen LogP contribution in [0.3, 0.4) is 0 Å². The maximum Gasteiger partial charge on any atom is 0.410 e. The number of rotatable bonds is 6. The highest BCUT2D eigenvalue weighted by atomic mass is 16.6. The average molecular weight is 275 g/mol. The Hall–Kier alpha value is -1.30. The molecule has 0 aliphatic rings. The summed E-state index contributed by atoms with van der Waals surface area (Å²) < 4.78 is 5.23. The third-order valence-electron chi connectivity index (χ3n) is 2.92. The van der Waals surface area contributed by atoms with Crippen LogP contribution in [0.25, 0.3) is 0 Å². The lowest BCUT2D eigenvalue weighted by Gasteiger charge is -2.38. The van der Waals surface area contributed by atoms with E-state index in [-0.39, 0.29) is 13.0 Å². The summed E-state index contributed by atoms with van der Waals surface area (Å²) >= 11 is 0. The van der Waals surface area contributed by atoms with Gasteiger partial charge in [-0.05, 0) is 40.5 Å². The van der Waals surface area contributed by atoms with Crippen LogP contribution < -0.4 is 0 Å². The maximum atomic E-state index is 11.9. The molecule has 2 N–H and O–H groups in total. The van der Waals surface area contributed by atoms with Gasteiger partial charge in [0.2, 0.25) is 0 Å². The number of nitrogens with zero attached hydrogens (tertiary/aromatic N) is 1. The van der Waals surface area contributed by atoms with Crippen LogP contribution in [0.15, 0.2) is 0 Å². The first-order chi connectivity index (χ1) is 8.52. The number of ether oxygens (including phenoxy) is 1. The Kier molecular flexibility index (Phi) is 6.29. The second-order valence-corrected chi connectivity index (χ2v) is 5.94. The molecule has 1 atom stereocenters. The van der Waals surface area contributed by atoms with E-state index >= 15 is 0 Å². The van der Waals surface area contributed by atoms with Crippen molar-refractivity contribution in [1.82, 2.24) is 4.90 Å². The number of aliphatic hydroxyl groups excluding tert-OH is 1. The lowest BCUT2D eigenvalue weighted by atomic mass is 9.94. The van der Waals surface area contributed by atoms with Crippen molar-refractivity contribution >= 4 is 12.1 Å². The molecule has 0 saturated heterocycles. The molecule has 6 nitrogen and oxygen atoms in total. The Bertz CT molecular complexity index is 323. The highest BCUT2D eigenvalue weighted by Crippen LogP contribution is 2.23. The first kappa shape index (κ1) is 17.7. The molecule has 0 fully saturated rings. The Morgan fingerprint density at radius 3 is 2.11 bits per heavy atom. The molecule has 112 valence electrons. The highest BCUT2D eigenvalue weighted by Gasteiger charge is 2.34. The third-order valence-corrected chi connectivity index (χ3v) is 2.92. The number of carbonyl (C=O) groups excluding carboxylic acids is 1. The number of amides is 1. The van der Waals surface area contributed by atoms with Gasteiger partial charge in [0.05, 0.1) is 12.1 Å². The molecule has 0 saturated carbocycles. The molecule has 0 heterocycles. The number of likely N-dealkylation sites (N-methyl/N-ethyl adjacent to an activating group) is 1. The summed E-state index contributed by atoms with van der Waals surface area (Å²) in [5, 5.41) is 18.1. The van der Waals surface area contributed by atoms with Gasteiger partial charge in [0, 0.05) is 13.5 Å². The summed E-state index contributed by atoms with van der Waals surface area (Å²) in [6.07, 6.45) is 0.266. The zero-order chi connectivity index (χ0) is 15.3. The molecule has 0 bridgehead atoms. The predicted molar refractivity (Wildman–Crippen MR) is 71.0 cm³/mol. The van der Waals surface area contributed by atoms with E-state index in [1.807, 2.05) is 0 Å². The highest BCUT2D eigenvalue weighted by molar-refractivity contribution is 5.69. The number of carboxylic acid groups (broad SMARTS) is 1. The Labute approximate surface area is 114 Å². The van der Waals surface area contributed by atoms with Crippen LogP contribution in [0.5, 0.6) is 0 Å². The Morgan fingerprint density at radius 1 is 1.21 bits per heavy atom. The molecule has 0 aromatic carbocycles. The monoisotopic (exact) mass is 275 g/mol. The minimum absolute atomic E-state index is 0.0117. The van der Waals surface area contributed by atoms with E-state index in [4.69, 9.17) is 9.84 Å². The molecule has 19 heavy (non-hydrogen) atoms. The second-order valence-electron chi connectivity index (χ2n) is 5.94. The summed E-state index contributed by atoms with van der Waals surface area (Å²) in [5.74, 6) is -0.889. The molecule has 0 aromatic heterocycles. The third kappa shape index (κ3) is 6.42. The van der Waals surface area contributed by atoms with Crippen LogP contribution in [-0.4, -0.2) is 52.0 Å². The summed E-state index contributed by atoms with van der Waals surface area (Å²) in [4.78, 5) is 23.8. The first-order valence-electron chi connectivity index (χ1n) is 6.31. The van der Waals surface area contributed by atoms with Crippen LogP contribution in [-0.2, 0) is 9.53 Å². The molecule has 6 heteroatoms. The van der Waals surface area contributed by atoms with Crippen molar-refractivity contribution < 1.29 is 24.5 Å². The first-order valence-corrected chi connectivity index (χ1v) is 6.31. The number of carbonyl (C=O) groups is 2. The molecule has 0 radical (unpaired) electrons. The number of aliphatic carboxylic acids is 1. The second kappa shape index (κ2) is 6.75. The molecule has 0 aliphatic heterocycles. The summed E-state index contributed by atoms with van der Waals surface area (Å²) in [6.45, 7) is 6.75. The molecular weight excluding hydrogens is 250 g/mol. The van der Waals surface area contributed by atoms with E-state index in [1.54, 1.807) is 34.7 Å². The van der Waals surface area contributed by atoms with Crippen molar-refractivity contribution in [3.05, 3.63) is 0 Å². The van der Waals surface area contributed by atoms with Crippen molar-refractivity contribution in [3.63, 3.8) is 0 Å². The predicted octanol–water partition coefficient (Wildman–Crippen LogP) is 1.86. The zero-order valence-corrected chi connectivity index (χ0v) is 12.4. The molecule has 0 aliphatic carbocycles. The largest absolute Gasteiger partial charge is 0.481 e. The topological polar surface area (TPSA) is 87.1 Å². The minimum atomic E-state index is -0.889. The van der Waals surface area contributed by atoms with E-state index in [9.17, 15) is 14.7 Å². The lowest BCUT2D eigenvalue weighted by molar-refractivity contribution is -0.137. The van der Waals surface area contributed by atoms with Crippen molar-refractivity contribution in [1.29, 1.82) is 0 Å². The number of aliphatic hydroxyl groups is 1. The molecule has 0 spiro atoms. The fourth-order valence-corrected chi connectivity index (χ4v) is 1.52. The Morgan fingerprint density at radius 2 is 1.74 bits per heavy atom. The molecule has 0 aromatic rings. The van der Waals surface area contributed by atoms with Gasteiger partial charge in [-0.25, -0.2) is 4.79 Å². The van der Waals surface area contributed by atoms with Crippen LogP contribution >= 0.6 is 0 Å². The summed E-state index contributed by atoms with van der Waals surface area (Å²) in [6, 6.07) is 0. The van der Waals surface area contributed by atoms with E-state index in [0.29, 0.717) is 12.8 Å². The van der Waals surface area contributed by atoms with Crippen molar-refractivity contribution in [2.24, 2.45) is 0 Å². The van der Waals surface area contributed by atoms with Crippen LogP contribution in [0.2, 0.25) is 0 Å². The number of carboxylic acids is 1. The smallest absolute Gasteiger partial charge is 0.410 e. The standard InChI is InChI=1S/C13H25NO5/c1-12(2,3)19-11(18)14(5)13(4,9-15)8-6-7-10(16)17/h15H,6-9H2,1-5H3,(H,16,17). The van der Waals surface area contributed by atoms with Crippen LogP contribution in [0.4, 0.5) is 4.79 Å².